The van der Waals surface area contributed by atoms with Crippen molar-refractivity contribution in [2.45, 2.75) is 12.5 Å². The van der Waals surface area contributed by atoms with Gasteiger partial charge in [0.2, 0.25) is 11.8 Å². The Morgan fingerprint density at radius 3 is 2.62 bits per heavy atom. The summed E-state index contributed by atoms with van der Waals surface area (Å²) < 4.78 is 10.7. The van der Waals surface area contributed by atoms with E-state index in [-0.39, 0.29) is 30.7 Å². The number of fused-ring (bicyclic) bond motifs is 1. The molecule has 4 rings (SSSR count). The summed E-state index contributed by atoms with van der Waals surface area (Å²) in [6.07, 6.45) is 2.91. The topological polar surface area (TPSA) is 97.0 Å². The third-order valence-corrected chi connectivity index (χ3v) is 6.11. The molecule has 190 valence electrons. The van der Waals surface area contributed by atoms with Crippen LogP contribution in [-0.2, 0) is 19.1 Å². The third kappa shape index (κ3) is 7.14. The zero-order valence-electron chi connectivity index (χ0n) is 20.1. The van der Waals surface area contributed by atoms with Gasteiger partial charge in [-0.2, -0.15) is 0 Å². The highest BCUT2D eigenvalue weighted by Crippen LogP contribution is 2.19. The molecule has 1 saturated heterocycles. The van der Waals surface area contributed by atoms with Crippen LogP contribution in [0, 0.1) is 0 Å². The van der Waals surface area contributed by atoms with Crippen molar-refractivity contribution in [1.29, 1.82) is 0 Å². The standard InChI is InChI=1S/C28H27N3O5S/c32-25(14-13-21-9-6-8-20-7-4-5-12-23(20)21)30-28(37)31-16-15-29-27(34)24(31)19-26(33)36-18-17-35-22-10-2-1-3-11-22/h1-14,24H,15-19H2,(H,29,34)(H,30,32,37). The average molecular weight is 518 g/mol. The first-order valence-electron chi connectivity index (χ1n) is 11.9. The van der Waals surface area contributed by atoms with E-state index in [0.29, 0.717) is 18.8 Å². The van der Waals surface area contributed by atoms with Crippen molar-refractivity contribution < 1.29 is 23.9 Å². The van der Waals surface area contributed by atoms with Crippen LogP contribution < -0.4 is 15.4 Å². The molecule has 1 fully saturated rings. The zero-order valence-corrected chi connectivity index (χ0v) is 20.9. The van der Waals surface area contributed by atoms with Gasteiger partial charge < -0.3 is 19.7 Å². The summed E-state index contributed by atoms with van der Waals surface area (Å²) in [6.45, 7) is 0.931. The summed E-state index contributed by atoms with van der Waals surface area (Å²) in [7, 11) is 0. The Bertz CT molecular complexity index is 1310. The number of esters is 1. The fourth-order valence-electron chi connectivity index (χ4n) is 3.99. The first kappa shape index (κ1) is 25.8. The Hall–Kier alpha value is -4.24. The maximum absolute atomic E-state index is 12.6. The van der Waals surface area contributed by atoms with Gasteiger partial charge in [-0.1, -0.05) is 60.7 Å². The van der Waals surface area contributed by atoms with Crippen molar-refractivity contribution in [3.8, 4) is 5.75 Å². The molecule has 2 N–H and O–H groups in total. The summed E-state index contributed by atoms with van der Waals surface area (Å²) in [4.78, 5) is 39.0. The number of nitrogens with one attached hydrogen (secondary N) is 2. The van der Waals surface area contributed by atoms with Crippen LogP contribution in [0.1, 0.15) is 12.0 Å². The Morgan fingerprint density at radius 1 is 1.03 bits per heavy atom. The van der Waals surface area contributed by atoms with Crippen molar-refractivity contribution in [1.82, 2.24) is 15.5 Å². The number of rotatable bonds is 8. The lowest BCUT2D eigenvalue weighted by Gasteiger charge is -2.36. The second-order valence-electron chi connectivity index (χ2n) is 8.28. The zero-order chi connectivity index (χ0) is 26.0. The molecule has 1 atom stereocenters. The largest absolute Gasteiger partial charge is 0.490 e. The molecular formula is C28H27N3O5S. The predicted molar refractivity (Wildman–Crippen MR) is 145 cm³/mol. The molecular weight excluding hydrogens is 490 g/mol. The van der Waals surface area contributed by atoms with E-state index in [1.54, 1.807) is 23.1 Å². The molecule has 9 heteroatoms. The van der Waals surface area contributed by atoms with Gasteiger partial charge in [0.1, 0.15) is 25.0 Å². The lowest BCUT2D eigenvalue weighted by atomic mass is 10.0. The van der Waals surface area contributed by atoms with Crippen LogP contribution in [0.2, 0.25) is 0 Å². The molecule has 0 radical (unpaired) electrons. The van der Waals surface area contributed by atoms with Crippen molar-refractivity contribution in [2.24, 2.45) is 0 Å². The number of benzene rings is 3. The number of ether oxygens (including phenoxy) is 2. The van der Waals surface area contributed by atoms with Gasteiger partial charge in [-0.15, -0.1) is 0 Å². The highest BCUT2D eigenvalue weighted by atomic mass is 32.1. The number of amides is 2. The van der Waals surface area contributed by atoms with Crippen LogP contribution in [0.25, 0.3) is 16.8 Å². The average Bonchev–Trinajstić information content (AvgIpc) is 2.91. The minimum atomic E-state index is -0.883. The Labute approximate surface area is 220 Å². The highest BCUT2D eigenvalue weighted by Gasteiger charge is 2.34. The van der Waals surface area contributed by atoms with Gasteiger partial charge >= 0.3 is 5.97 Å². The van der Waals surface area contributed by atoms with Crippen LogP contribution in [0.15, 0.2) is 78.9 Å². The molecule has 0 spiro atoms. The van der Waals surface area contributed by atoms with Crippen LogP contribution in [-0.4, -0.2) is 60.1 Å². The van der Waals surface area contributed by atoms with Gasteiger partial charge in [0, 0.05) is 19.2 Å². The van der Waals surface area contributed by atoms with E-state index in [4.69, 9.17) is 21.7 Å². The maximum atomic E-state index is 12.6. The predicted octanol–water partition coefficient (Wildman–Crippen LogP) is 3.07. The fraction of sp³-hybridized carbons (Fsp3) is 0.214. The van der Waals surface area contributed by atoms with E-state index >= 15 is 0 Å². The number of hydrogen-bond donors (Lipinski definition) is 2. The molecule has 1 heterocycles. The van der Waals surface area contributed by atoms with Crippen molar-refractivity contribution >= 4 is 52.0 Å². The first-order chi connectivity index (χ1) is 18.0. The Kier molecular flexibility index (Phi) is 8.83. The molecule has 3 aromatic rings. The Morgan fingerprint density at radius 2 is 1.78 bits per heavy atom. The third-order valence-electron chi connectivity index (χ3n) is 5.78. The quantitative estimate of drug-likeness (QED) is 0.205. The summed E-state index contributed by atoms with van der Waals surface area (Å²) in [5.41, 5.74) is 0.897. The summed E-state index contributed by atoms with van der Waals surface area (Å²) in [6, 6.07) is 22.0. The van der Waals surface area contributed by atoms with E-state index in [2.05, 4.69) is 10.6 Å². The molecule has 37 heavy (non-hydrogen) atoms. The molecule has 3 aromatic carbocycles. The molecule has 0 aromatic heterocycles. The highest BCUT2D eigenvalue weighted by molar-refractivity contribution is 7.80. The molecule has 1 aliphatic rings. The van der Waals surface area contributed by atoms with Gasteiger partial charge in [-0.3, -0.25) is 19.7 Å². The van der Waals surface area contributed by atoms with Crippen LogP contribution in [0.5, 0.6) is 5.75 Å². The number of hydrogen-bond acceptors (Lipinski definition) is 6. The SMILES string of the molecule is O=C(C=Cc1cccc2ccccc12)NC(=S)N1CCNC(=O)C1CC(=O)OCCOc1ccccc1. The lowest BCUT2D eigenvalue weighted by molar-refractivity contribution is -0.148. The molecule has 1 aliphatic heterocycles. The number of nitrogens with zero attached hydrogens (tertiary/aromatic N) is 1. The number of para-hydroxylation sites is 1. The van der Waals surface area contributed by atoms with E-state index in [9.17, 15) is 14.4 Å². The summed E-state index contributed by atoms with van der Waals surface area (Å²) >= 11 is 5.41. The monoisotopic (exact) mass is 517 g/mol. The van der Waals surface area contributed by atoms with Crippen molar-refractivity contribution in [3.05, 3.63) is 84.4 Å². The van der Waals surface area contributed by atoms with Crippen LogP contribution >= 0.6 is 12.2 Å². The number of carbonyl (C=O) groups is 3. The summed E-state index contributed by atoms with van der Waals surface area (Å²) in [5.74, 6) is -0.671. The van der Waals surface area contributed by atoms with Crippen molar-refractivity contribution in [3.63, 3.8) is 0 Å². The lowest BCUT2D eigenvalue weighted by Crippen LogP contribution is -2.60. The minimum Gasteiger partial charge on any atom is -0.490 e. The molecule has 0 saturated carbocycles. The van der Waals surface area contributed by atoms with Gasteiger partial charge in [-0.05, 0) is 46.8 Å². The second kappa shape index (κ2) is 12.6. The van der Waals surface area contributed by atoms with E-state index < -0.39 is 17.9 Å². The number of carbonyl (C=O) groups excluding carboxylic acids is 3. The normalized spacial score (nSPS) is 15.3. The van der Waals surface area contributed by atoms with Gasteiger partial charge in [0.05, 0.1) is 6.42 Å². The van der Waals surface area contributed by atoms with Crippen molar-refractivity contribution in [2.75, 3.05) is 26.3 Å². The van der Waals surface area contributed by atoms with E-state index in [1.165, 1.54) is 6.08 Å². The Balaban J connectivity index is 1.30. The fourth-order valence-corrected chi connectivity index (χ4v) is 4.31. The van der Waals surface area contributed by atoms with Crippen LogP contribution in [0.3, 0.4) is 0 Å². The first-order valence-corrected chi connectivity index (χ1v) is 12.3. The molecule has 8 nitrogen and oxygen atoms in total. The van der Waals surface area contributed by atoms with Gasteiger partial charge in [-0.25, -0.2) is 0 Å². The van der Waals surface area contributed by atoms with Crippen LogP contribution in [0.4, 0.5) is 0 Å². The second-order valence-corrected chi connectivity index (χ2v) is 8.67. The van der Waals surface area contributed by atoms with Gasteiger partial charge in [0.15, 0.2) is 5.11 Å². The molecule has 2 amide bonds. The smallest absolute Gasteiger partial charge is 0.308 e. The molecule has 0 bridgehead atoms. The van der Waals surface area contributed by atoms with E-state index in [1.807, 2.05) is 60.7 Å². The molecule has 1 unspecified atom stereocenters. The molecule has 0 aliphatic carbocycles. The number of piperazine rings is 1. The number of thiocarbonyl (C=S) groups is 1. The van der Waals surface area contributed by atoms with E-state index in [0.717, 1.165) is 16.3 Å². The minimum absolute atomic E-state index is 0.0439. The summed E-state index contributed by atoms with van der Waals surface area (Å²) in [5, 5.41) is 7.54. The maximum Gasteiger partial charge on any atom is 0.308 e. The van der Waals surface area contributed by atoms with Gasteiger partial charge in [0.25, 0.3) is 0 Å².